The largest absolute Gasteiger partial charge is 0.459 e. The molecule has 0 heterocycles. The Hall–Kier alpha value is -2.51. The average Bonchev–Trinajstić information content (AvgIpc) is 2.60. The number of carbonyl (C=O) groups excluding carboxylic acids is 1. The molecular formula is C23H25NO2S. The zero-order valence-electron chi connectivity index (χ0n) is 16.5. The minimum Gasteiger partial charge on any atom is -0.459 e. The molecular weight excluding hydrogens is 354 g/mol. The summed E-state index contributed by atoms with van der Waals surface area (Å²) in [7, 11) is 0. The van der Waals surface area contributed by atoms with Gasteiger partial charge in [0.1, 0.15) is 11.6 Å². The first-order valence-corrected chi connectivity index (χ1v) is 9.91. The Balaban J connectivity index is 2.29. The van der Waals surface area contributed by atoms with E-state index >= 15 is 0 Å². The van der Waals surface area contributed by atoms with Crippen LogP contribution < -0.4 is 0 Å². The van der Waals surface area contributed by atoms with Crippen molar-refractivity contribution in [3.63, 3.8) is 0 Å². The molecule has 140 valence electrons. The van der Waals surface area contributed by atoms with Crippen molar-refractivity contribution in [1.82, 2.24) is 0 Å². The average molecular weight is 380 g/mol. The van der Waals surface area contributed by atoms with E-state index in [0.717, 1.165) is 16.9 Å². The van der Waals surface area contributed by atoms with Gasteiger partial charge in [-0.3, -0.25) is 0 Å². The van der Waals surface area contributed by atoms with E-state index in [1.807, 2.05) is 25.1 Å². The van der Waals surface area contributed by atoms with E-state index in [1.54, 1.807) is 31.7 Å². The molecule has 0 atom stereocenters. The van der Waals surface area contributed by atoms with Crippen LogP contribution in [-0.2, 0) is 15.3 Å². The van der Waals surface area contributed by atoms with Crippen molar-refractivity contribution in [3.8, 4) is 6.07 Å². The van der Waals surface area contributed by atoms with Crippen LogP contribution in [0.1, 0.15) is 41.7 Å². The van der Waals surface area contributed by atoms with Crippen molar-refractivity contribution in [1.29, 1.82) is 5.26 Å². The molecule has 0 N–H and O–H groups in total. The number of esters is 1. The van der Waals surface area contributed by atoms with E-state index in [9.17, 15) is 10.1 Å². The van der Waals surface area contributed by atoms with Crippen LogP contribution in [0.5, 0.6) is 0 Å². The van der Waals surface area contributed by atoms with Crippen molar-refractivity contribution < 1.29 is 9.53 Å². The van der Waals surface area contributed by atoms with E-state index in [1.165, 1.54) is 21.6 Å². The maximum absolute atomic E-state index is 12.1. The Morgan fingerprint density at radius 3 is 2.48 bits per heavy atom. The van der Waals surface area contributed by atoms with Gasteiger partial charge in [0.2, 0.25) is 0 Å². The van der Waals surface area contributed by atoms with Crippen molar-refractivity contribution in [2.45, 2.75) is 51.4 Å². The molecule has 0 spiro atoms. The zero-order chi connectivity index (χ0) is 20.0. The fraction of sp³-hybridized carbons (Fsp3) is 0.304. The van der Waals surface area contributed by atoms with Gasteiger partial charge in [-0.25, -0.2) is 4.79 Å². The van der Waals surface area contributed by atoms with Crippen LogP contribution in [-0.4, -0.2) is 12.1 Å². The minimum atomic E-state index is -0.580. The highest BCUT2D eigenvalue weighted by molar-refractivity contribution is 7.98. The fourth-order valence-electron chi connectivity index (χ4n) is 2.67. The summed E-state index contributed by atoms with van der Waals surface area (Å²) < 4.78 is 5.15. The first kappa shape index (κ1) is 20.8. The Labute approximate surface area is 166 Å². The minimum absolute atomic E-state index is 0.0214. The second-order valence-corrected chi connectivity index (χ2v) is 7.83. The zero-order valence-corrected chi connectivity index (χ0v) is 17.3. The number of ether oxygens (including phenoxy) is 1. The summed E-state index contributed by atoms with van der Waals surface area (Å²) in [6.07, 6.45) is 1.37. The Morgan fingerprint density at radius 1 is 1.15 bits per heavy atom. The number of benzene rings is 2. The van der Waals surface area contributed by atoms with Gasteiger partial charge in [-0.1, -0.05) is 30.3 Å². The molecule has 0 aromatic heterocycles. The summed E-state index contributed by atoms with van der Waals surface area (Å²) in [6.45, 7) is 9.72. The quantitative estimate of drug-likeness (QED) is 0.277. The standard InChI is InChI=1S/C23H25NO2S/c1-15(2)26-23(25)20(13-24)11-19-12-21(18(5)10-17(19)4)14-27-22-9-7-6-8-16(22)3/h6-12,15H,14H2,1-5H3. The second-order valence-electron chi connectivity index (χ2n) is 6.81. The number of carbonyl (C=O) groups is 1. The number of hydrogen-bond acceptors (Lipinski definition) is 4. The third-order valence-corrected chi connectivity index (χ3v) is 5.41. The summed E-state index contributed by atoms with van der Waals surface area (Å²) in [5.41, 5.74) is 5.58. The third kappa shape index (κ3) is 5.74. The van der Waals surface area contributed by atoms with Gasteiger partial charge in [-0.15, -0.1) is 11.8 Å². The Morgan fingerprint density at radius 2 is 1.85 bits per heavy atom. The van der Waals surface area contributed by atoms with Crippen LogP contribution in [0, 0.1) is 32.1 Å². The van der Waals surface area contributed by atoms with Gasteiger partial charge in [0.05, 0.1) is 6.10 Å². The van der Waals surface area contributed by atoms with E-state index in [2.05, 4.69) is 38.1 Å². The molecule has 0 saturated carbocycles. The molecule has 0 radical (unpaired) electrons. The number of nitrogens with zero attached hydrogens (tertiary/aromatic N) is 1. The van der Waals surface area contributed by atoms with Crippen molar-refractivity contribution in [2.24, 2.45) is 0 Å². The summed E-state index contributed by atoms with van der Waals surface area (Å²) in [6, 6.07) is 14.5. The molecule has 0 bridgehead atoms. The molecule has 4 heteroatoms. The lowest BCUT2D eigenvalue weighted by atomic mass is 9.99. The van der Waals surface area contributed by atoms with Crippen LogP contribution in [0.25, 0.3) is 6.08 Å². The predicted molar refractivity (Wildman–Crippen MR) is 111 cm³/mol. The molecule has 0 amide bonds. The van der Waals surface area contributed by atoms with Gasteiger partial charge in [0.25, 0.3) is 0 Å². The van der Waals surface area contributed by atoms with Gasteiger partial charge in [0, 0.05) is 10.6 Å². The van der Waals surface area contributed by atoms with Gasteiger partial charge in [-0.05, 0) is 74.6 Å². The lowest BCUT2D eigenvalue weighted by Gasteiger charge is -2.12. The maximum atomic E-state index is 12.1. The maximum Gasteiger partial charge on any atom is 0.349 e. The van der Waals surface area contributed by atoms with E-state index < -0.39 is 5.97 Å². The molecule has 2 rings (SSSR count). The number of nitriles is 1. The topological polar surface area (TPSA) is 50.1 Å². The molecule has 3 nitrogen and oxygen atoms in total. The van der Waals surface area contributed by atoms with E-state index in [0.29, 0.717) is 0 Å². The van der Waals surface area contributed by atoms with Crippen LogP contribution in [0.2, 0.25) is 0 Å². The number of hydrogen-bond donors (Lipinski definition) is 0. The second kappa shape index (κ2) is 9.43. The van der Waals surface area contributed by atoms with Gasteiger partial charge in [-0.2, -0.15) is 5.26 Å². The molecule has 0 fully saturated rings. The normalized spacial score (nSPS) is 11.4. The molecule has 27 heavy (non-hydrogen) atoms. The first-order chi connectivity index (χ1) is 12.8. The van der Waals surface area contributed by atoms with Crippen LogP contribution in [0.4, 0.5) is 0 Å². The van der Waals surface area contributed by atoms with E-state index in [-0.39, 0.29) is 11.7 Å². The number of thioether (sulfide) groups is 1. The van der Waals surface area contributed by atoms with Crippen molar-refractivity contribution in [2.75, 3.05) is 0 Å². The number of aryl methyl sites for hydroxylation is 3. The van der Waals surface area contributed by atoms with Gasteiger partial charge < -0.3 is 4.74 Å². The summed E-state index contributed by atoms with van der Waals surface area (Å²) in [5.74, 6) is 0.249. The number of rotatable bonds is 6. The monoisotopic (exact) mass is 379 g/mol. The Kier molecular flexibility index (Phi) is 7.27. The van der Waals surface area contributed by atoms with Crippen molar-refractivity contribution >= 4 is 23.8 Å². The SMILES string of the molecule is Cc1cc(C)c(CSc2ccccc2C)cc1C=C(C#N)C(=O)OC(C)C. The highest BCUT2D eigenvalue weighted by Gasteiger charge is 2.14. The van der Waals surface area contributed by atoms with Gasteiger partial charge in [0.15, 0.2) is 0 Å². The lowest BCUT2D eigenvalue weighted by molar-refractivity contribution is -0.142. The Bertz CT molecular complexity index is 907. The molecule has 2 aromatic carbocycles. The summed E-state index contributed by atoms with van der Waals surface area (Å²) >= 11 is 1.79. The lowest BCUT2D eigenvalue weighted by Crippen LogP contribution is -2.12. The fourth-order valence-corrected chi connectivity index (χ4v) is 3.76. The van der Waals surface area contributed by atoms with Gasteiger partial charge >= 0.3 is 5.97 Å². The summed E-state index contributed by atoms with van der Waals surface area (Å²) in [4.78, 5) is 13.3. The van der Waals surface area contributed by atoms with Crippen LogP contribution in [0.3, 0.4) is 0 Å². The molecule has 0 saturated heterocycles. The van der Waals surface area contributed by atoms with Crippen molar-refractivity contribution in [3.05, 3.63) is 69.8 Å². The third-order valence-electron chi connectivity index (χ3n) is 4.18. The highest BCUT2D eigenvalue weighted by Crippen LogP contribution is 2.29. The molecule has 0 unspecified atom stereocenters. The van der Waals surface area contributed by atoms with E-state index in [4.69, 9.17) is 4.74 Å². The smallest absolute Gasteiger partial charge is 0.349 e. The van der Waals surface area contributed by atoms with Crippen LogP contribution in [0.15, 0.2) is 46.9 Å². The van der Waals surface area contributed by atoms with Crippen LogP contribution >= 0.6 is 11.8 Å². The molecule has 0 aliphatic rings. The first-order valence-electron chi connectivity index (χ1n) is 8.93. The molecule has 0 aliphatic carbocycles. The molecule has 0 aliphatic heterocycles. The predicted octanol–water partition coefficient (Wildman–Crippen LogP) is 5.76. The summed E-state index contributed by atoms with van der Waals surface area (Å²) in [5, 5.41) is 9.34. The highest BCUT2D eigenvalue weighted by atomic mass is 32.2. The molecule has 2 aromatic rings.